The van der Waals surface area contributed by atoms with Gasteiger partial charge in [0, 0.05) is 18.0 Å². The quantitative estimate of drug-likeness (QED) is 0.344. The number of carbonyl (C=O) groups excluding carboxylic acids is 1. The Kier molecular flexibility index (Phi) is 6.37. The first kappa shape index (κ1) is 22.3. The molecule has 4 rings (SSSR count). The fourth-order valence-electron chi connectivity index (χ4n) is 3.19. The Labute approximate surface area is 195 Å². The highest BCUT2D eigenvalue weighted by Gasteiger charge is 2.17. The van der Waals surface area contributed by atoms with Crippen LogP contribution >= 0.6 is 0 Å². The number of amides is 1. The van der Waals surface area contributed by atoms with Crippen molar-refractivity contribution in [2.45, 2.75) is 6.92 Å². The molecule has 0 bridgehead atoms. The third-order valence-electron chi connectivity index (χ3n) is 4.95. The maximum Gasteiger partial charge on any atom is 0.269 e. The molecule has 0 aliphatic heterocycles. The number of ether oxygens (including phenoxy) is 2. The van der Waals surface area contributed by atoms with Gasteiger partial charge >= 0.3 is 0 Å². The standard InChI is InChI=1S/C26H20N4O4/c1-17-9-11-20(12-10-17)34-25-22(26(32)30-13-4-3-8-23(30)29-25)14-18(16-27)24(31)28-19-6-5-7-21(15-19)33-2/h3-15H,1-2H3,(H,28,31). The van der Waals surface area contributed by atoms with Gasteiger partial charge in [0.2, 0.25) is 5.88 Å². The molecule has 4 aromatic rings. The topological polar surface area (TPSA) is 106 Å². The zero-order valence-electron chi connectivity index (χ0n) is 18.5. The molecule has 0 saturated carbocycles. The maximum atomic E-state index is 13.3. The van der Waals surface area contributed by atoms with Crippen LogP contribution in [0, 0.1) is 18.3 Å². The van der Waals surface area contributed by atoms with Crippen molar-refractivity contribution >= 4 is 23.3 Å². The van der Waals surface area contributed by atoms with Crippen molar-refractivity contribution in [3.8, 4) is 23.4 Å². The summed E-state index contributed by atoms with van der Waals surface area (Å²) >= 11 is 0. The van der Waals surface area contributed by atoms with E-state index in [4.69, 9.17) is 9.47 Å². The molecular weight excluding hydrogens is 432 g/mol. The van der Waals surface area contributed by atoms with Gasteiger partial charge in [-0.05, 0) is 49.4 Å². The predicted octanol–water partition coefficient (Wildman–Crippen LogP) is 4.35. The van der Waals surface area contributed by atoms with Gasteiger partial charge in [-0.1, -0.05) is 29.8 Å². The number of nitriles is 1. The van der Waals surface area contributed by atoms with E-state index in [2.05, 4.69) is 10.3 Å². The summed E-state index contributed by atoms with van der Waals surface area (Å²) in [4.78, 5) is 30.5. The van der Waals surface area contributed by atoms with Crippen LogP contribution in [-0.4, -0.2) is 22.4 Å². The summed E-state index contributed by atoms with van der Waals surface area (Å²) in [7, 11) is 1.51. The van der Waals surface area contributed by atoms with E-state index in [1.807, 2.05) is 25.1 Å². The van der Waals surface area contributed by atoms with Crippen molar-refractivity contribution in [2.75, 3.05) is 12.4 Å². The van der Waals surface area contributed by atoms with Crippen molar-refractivity contribution in [3.63, 3.8) is 0 Å². The molecule has 1 amide bonds. The largest absolute Gasteiger partial charge is 0.497 e. The van der Waals surface area contributed by atoms with Crippen molar-refractivity contribution < 1.29 is 14.3 Å². The highest BCUT2D eigenvalue weighted by molar-refractivity contribution is 6.09. The minimum absolute atomic E-state index is 0.0121. The number of carbonyl (C=O) groups is 1. The summed E-state index contributed by atoms with van der Waals surface area (Å²) in [5.41, 5.74) is 1.06. The molecule has 0 fully saturated rings. The first-order chi connectivity index (χ1) is 16.5. The van der Waals surface area contributed by atoms with E-state index in [0.717, 1.165) is 5.56 Å². The molecule has 0 atom stereocenters. The Hall–Kier alpha value is -4.90. The van der Waals surface area contributed by atoms with Gasteiger partial charge in [0.1, 0.15) is 34.4 Å². The molecule has 34 heavy (non-hydrogen) atoms. The molecule has 0 spiro atoms. The second kappa shape index (κ2) is 9.71. The lowest BCUT2D eigenvalue weighted by molar-refractivity contribution is -0.112. The molecule has 168 valence electrons. The van der Waals surface area contributed by atoms with E-state index in [-0.39, 0.29) is 17.0 Å². The van der Waals surface area contributed by atoms with E-state index >= 15 is 0 Å². The van der Waals surface area contributed by atoms with Gasteiger partial charge in [-0.3, -0.25) is 14.0 Å². The number of aromatic nitrogens is 2. The predicted molar refractivity (Wildman–Crippen MR) is 128 cm³/mol. The molecule has 0 aliphatic carbocycles. The van der Waals surface area contributed by atoms with Gasteiger partial charge in [-0.15, -0.1) is 0 Å². The molecule has 8 nitrogen and oxygen atoms in total. The lowest BCUT2D eigenvalue weighted by atomic mass is 10.1. The molecule has 0 aliphatic rings. The number of pyridine rings is 1. The van der Waals surface area contributed by atoms with Crippen LogP contribution in [0.3, 0.4) is 0 Å². The number of benzene rings is 2. The monoisotopic (exact) mass is 452 g/mol. The highest BCUT2D eigenvalue weighted by Crippen LogP contribution is 2.25. The van der Waals surface area contributed by atoms with Crippen molar-refractivity contribution in [1.29, 1.82) is 5.26 Å². The zero-order chi connectivity index (χ0) is 24.1. The van der Waals surface area contributed by atoms with Gasteiger partial charge in [0.05, 0.1) is 7.11 Å². The highest BCUT2D eigenvalue weighted by atomic mass is 16.5. The van der Waals surface area contributed by atoms with E-state index < -0.39 is 11.5 Å². The molecule has 0 saturated heterocycles. The van der Waals surface area contributed by atoms with E-state index in [1.165, 1.54) is 17.6 Å². The average molecular weight is 452 g/mol. The minimum atomic E-state index is -0.686. The summed E-state index contributed by atoms with van der Waals surface area (Å²) in [6, 6.07) is 20.9. The molecule has 2 aromatic heterocycles. The average Bonchev–Trinajstić information content (AvgIpc) is 2.85. The van der Waals surface area contributed by atoms with Gasteiger partial charge in [-0.2, -0.15) is 10.2 Å². The number of hydrogen-bond donors (Lipinski definition) is 1. The summed E-state index contributed by atoms with van der Waals surface area (Å²) in [5.74, 6) is 0.314. The maximum absolute atomic E-state index is 13.3. The molecule has 8 heteroatoms. The van der Waals surface area contributed by atoms with E-state index in [9.17, 15) is 14.9 Å². The summed E-state index contributed by atoms with van der Waals surface area (Å²) in [6.45, 7) is 1.94. The van der Waals surface area contributed by atoms with Crippen LogP contribution < -0.4 is 20.3 Å². The Balaban J connectivity index is 1.78. The summed E-state index contributed by atoms with van der Waals surface area (Å²) < 4.78 is 12.4. The number of methoxy groups -OCH3 is 1. The SMILES string of the molecule is COc1cccc(NC(=O)C(C#N)=Cc2c(Oc3ccc(C)cc3)nc3ccccn3c2=O)c1. The van der Waals surface area contributed by atoms with Crippen molar-refractivity contribution in [1.82, 2.24) is 9.38 Å². The number of aryl methyl sites for hydroxylation is 1. The second-order valence-electron chi connectivity index (χ2n) is 7.34. The Morgan fingerprint density at radius 1 is 1.09 bits per heavy atom. The Bertz CT molecular complexity index is 1500. The first-order valence-electron chi connectivity index (χ1n) is 10.3. The number of fused-ring (bicyclic) bond motifs is 1. The fraction of sp³-hybridized carbons (Fsp3) is 0.0769. The van der Waals surface area contributed by atoms with Crippen LogP contribution in [-0.2, 0) is 4.79 Å². The number of hydrogen-bond acceptors (Lipinski definition) is 6. The lowest BCUT2D eigenvalue weighted by Gasteiger charge is -2.11. The van der Waals surface area contributed by atoms with Crippen LogP contribution in [0.15, 0.2) is 83.3 Å². The van der Waals surface area contributed by atoms with Crippen molar-refractivity contribution in [3.05, 3.63) is 100.0 Å². The summed E-state index contributed by atoms with van der Waals surface area (Å²) in [5, 5.41) is 12.3. The van der Waals surface area contributed by atoms with Crippen LogP contribution in [0.2, 0.25) is 0 Å². The summed E-state index contributed by atoms with van der Waals surface area (Å²) in [6.07, 6.45) is 2.74. The Morgan fingerprint density at radius 2 is 1.88 bits per heavy atom. The lowest BCUT2D eigenvalue weighted by Crippen LogP contribution is -2.20. The molecule has 1 N–H and O–H groups in total. The Morgan fingerprint density at radius 3 is 2.62 bits per heavy atom. The van der Waals surface area contributed by atoms with E-state index in [1.54, 1.807) is 60.8 Å². The van der Waals surface area contributed by atoms with Crippen LogP contribution in [0.25, 0.3) is 11.7 Å². The molecule has 2 aromatic carbocycles. The van der Waals surface area contributed by atoms with E-state index in [0.29, 0.717) is 22.8 Å². The molecule has 0 radical (unpaired) electrons. The second-order valence-corrected chi connectivity index (χ2v) is 7.34. The molecular formula is C26H20N4O4. The van der Waals surface area contributed by atoms with Crippen LogP contribution in [0.4, 0.5) is 5.69 Å². The number of nitrogens with one attached hydrogen (secondary N) is 1. The fourth-order valence-corrected chi connectivity index (χ4v) is 3.19. The third-order valence-corrected chi connectivity index (χ3v) is 4.95. The number of rotatable bonds is 6. The van der Waals surface area contributed by atoms with Crippen LogP contribution in [0.5, 0.6) is 17.4 Å². The van der Waals surface area contributed by atoms with Crippen LogP contribution in [0.1, 0.15) is 11.1 Å². The third kappa shape index (κ3) is 4.79. The zero-order valence-corrected chi connectivity index (χ0v) is 18.5. The minimum Gasteiger partial charge on any atom is -0.497 e. The van der Waals surface area contributed by atoms with Gasteiger partial charge in [-0.25, -0.2) is 0 Å². The van der Waals surface area contributed by atoms with Gasteiger partial charge in [0.25, 0.3) is 11.5 Å². The van der Waals surface area contributed by atoms with Crippen molar-refractivity contribution in [2.24, 2.45) is 0 Å². The van der Waals surface area contributed by atoms with Gasteiger partial charge in [0.15, 0.2) is 0 Å². The number of anilines is 1. The number of nitrogens with zero attached hydrogens (tertiary/aromatic N) is 3. The smallest absolute Gasteiger partial charge is 0.269 e. The first-order valence-corrected chi connectivity index (χ1v) is 10.3. The molecule has 0 unspecified atom stereocenters. The normalized spacial score (nSPS) is 11.0. The van der Waals surface area contributed by atoms with Gasteiger partial charge < -0.3 is 14.8 Å². The molecule has 2 heterocycles.